The molecule has 0 unspecified atom stereocenters. The number of fused-ring (bicyclic) bond motifs is 1. The lowest BCUT2D eigenvalue weighted by Gasteiger charge is -2.35. The monoisotopic (exact) mass is 370 g/mol. The van der Waals surface area contributed by atoms with Crippen LogP contribution in [-0.2, 0) is 0 Å². The zero-order valence-electron chi connectivity index (χ0n) is 16.1. The molecule has 5 rings (SSSR count). The van der Waals surface area contributed by atoms with Crippen molar-refractivity contribution < 1.29 is 4.79 Å². The first-order valence-electron chi connectivity index (χ1n) is 10.5. The summed E-state index contributed by atoms with van der Waals surface area (Å²) < 4.78 is 0. The third kappa shape index (κ3) is 3.19. The first-order valence-corrected chi connectivity index (χ1v) is 10.5. The van der Waals surface area contributed by atoms with Crippen molar-refractivity contribution >= 4 is 16.8 Å². The minimum absolute atomic E-state index is 0.0399. The molecule has 1 amide bonds. The summed E-state index contributed by atoms with van der Waals surface area (Å²) in [4.78, 5) is 17.2. The molecule has 0 radical (unpaired) electrons. The molecule has 0 aliphatic heterocycles. The van der Waals surface area contributed by atoms with Crippen LogP contribution < -0.4 is 5.32 Å². The van der Waals surface area contributed by atoms with Gasteiger partial charge in [0.25, 0.3) is 5.91 Å². The molecular formula is C25H26N2O. The number of para-hydroxylation sites is 1. The van der Waals surface area contributed by atoms with E-state index in [-0.39, 0.29) is 11.4 Å². The summed E-state index contributed by atoms with van der Waals surface area (Å²) in [5, 5.41) is 4.69. The summed E-state index contributed by atoms with van der Waals surface area (Å²) in [7, 11) is 0. The van der Waals surface area contributed by atoms with Crippen LogP contribution in [0, 0.1) is 5.92 Å². The SMILES string of the molecule is O=C(NC1(C2CCC(c3ccnc4ccccc34)CC2)CC1)c1ccccc1. The fourth-order valence-electron chi connectivity index (χ4n) is 5.09. The van der Waals surface area contributed by atoms with Crippen molar-refractivity contribution in [1.82, 2.24) is 10.3 Å². The van der Waals surface area contributed by atoms with Crippen LogP contribution in [0.3, 0.4) is 0 Å². The van der Waals surface area contributed by atoms with E-state index in [0.717, 1.165) is 23.9 Å². The molecule has 0 bridgehead atoms. The molecule has 0 saturated heterocycles. The maximum absolute atomic E-state index is 12.7. The Balaban J connectivity index is 1.27. The molecular weight excluding hydrogens is 344 g/mol. The zero-order valence-corrected chi connectivity index (χ0v) is 16.1. The maximum Gasteiger partial charge on any atom is 0.251 e. The average molecular weight is 370 g/mol. The molecule has 1 heterocycles. The van der Waals surface area contributed by atoms with E-state index >= 15 is 0 Å². The van der Waals surface area contributed by atoms with Gasteiger partial charge in [-0.25, -0.2) is 0 Å². The van der Waals surface area contributed by atoms with E-state index in [1.807, 2.05) is 36.5 Å². The Kier molecular flexibility index (Phi) is 4.38. The maximum atomic E-state index is 12.7. The van der Waals surface area contributed by atoms with Crippen molar-refractivity contribution in [2.45, 2.75) is 50.0 Å². The Bertz CT molecular complexity index is 980. The lowest BCUT2D eigenvalue weighted by molar-refractivity contribution is 0.0900. The number of pyridine rings is 1. The van der Waals surface area contributed by atoms with Gasteiger partial charge in [0.05, 0.1) is 5.52 Å². The van der Waals surface area contributed by atoms with Crippen LogP contribution in [0.2, 0.25) is 0 Å². The lowest BCUT2D eigenvalue weighted by atomic mass is 9.74. The van der Waals surface area contributed by atoms with Crippen LogP contribution in [-0.4, -0.2) is 16.4 Å². The molecule has 2 aliphatic rings. The molecule has 142 valence electrons. The van der Waals surface area contributed by atoms with Gasteiger partial charge in [-0.1, -0.05) is 36.4 Å². The Hall–Kier alpha value is -2.68. The fourth-order valence-corrected chi connectivity index (χ4v) is 5.09. The number of hydrogen-bond donors (Lipinski definition) is 1. The smallest absolute Gasteiger partial charge is 0.251 e. The number of rotatable bonds is 4. The molecule has 1 aromatic heterocycles. The third-order valence-electron chi connectivity index (χ3n) is 6.82. The van der Waals surface area contributed by atoms with Gasteiger partial charge in [-0.3, -0.25) is 9.78 Å². The summed E-state index contributed by atoms with van der Waals surface area (Å²) in [6.07, 6.45) is 8.97. The van der Waals surface area contributed by atoms with Gasteiger partial charge in [-0.05, 0) is 80.2 Å². The van der Waals surface area contributed by atoms with Crippen molar-refractivity contribution in [3.05, 3.63) is 78.0 Å². The molecule has 2 fully saturated rings. The van der Waals surface area contributed by atoms with Crippen LogP contribution in [0.1, 0.15) is 60.4 Å². The number of aromatic nitrogens is 1. The van der Waals surface area contributed by atoms with Gasteiger partial charge in [0.15, 0.2) is 0 Å². The number of nitrogens with zero attached hydrogens (tertiary/aromatic N) is 1. The van der Waals surface area contributed by atoms with Crippen LogP contribution in [0.25, 0.3) is 10.9 Å². The first-order chi connectivity index (χ1) is 13.8. The largest absolute Gasteiger partial charge is 0.346 e. The second kappa shape index (κ2) is 7.05. The second-order valence-corrected chi connectivity index (χ2v) is 8.44. The number of nitrogens with one attached hydrogen (secondary N) is 1. The topological polar surface area (TPSA) is 42.0 Å². The van der Waals surface area contributed by atoms with Gasteiger partial charge in [0, 0.05) is 22.7 Å². The second-order valence-electron chi connectivity index (χ2n) is 8.44. The number of hydrogen-bond acceptors (Lipinski definition) is 2. The van der Waals surface area contributed by atoms with Crippen molar-refractivity contribution in [3.63, 3.8) is 0 Å². The summed E-state index contributed by atoms with van der Waals surface area (Å²) in [6, 6.07) is 20.3. The zero-order chi connectivity index (χ0) is 19.0. The highest BCUT2D eigenvalue weighted by Crippen LogP contribution is 2.51. The predicted molar refractivity (Wildman–Crippen MR) is 112 cm³/mol. The van der Waals surface area contributed by atoms with Gasteiger partial charge >= 0.3 is 0 Å². The number of carbonyl (C=O) groups is 1. The van der Waals surface area contributed by atoms with Crippen molar-refractivity contribution in [1.29, 1.82) is 0 Å². The van der Waals surface area contributed by atoms with E-state index in [1.165, 1.54) is 36.6 Å². The summed E-state index contributed by atoms with van der Waals surface area (Å²) in [6.45, 7) is 0. The Morgan fingerprint density at radius 1 is 0.893 bits per heavy atom. The van der Waals surface area contributed by atoms with E-state index in [1.54, 1.807) is 0 Å². The number of amides is 1. The molecule has 0 spiro atoms. The average Bonchev–Trinajstić information content (AvgIpc) is 3.54. The molecule has 2 aliphatic carbocycles. The quantitative estimate of drug-likeness (QED) is 0.661. The highest BCUT2D eigenvalue weighted by atomic mass is 16.1. The Labute approximate surface area is 166 Å². The molecule has 3 nitrogen and oxygen atoms in total. The standard InChI is InChI=1S/C25H26N2O/c28-24(19-6-2-1-3-7-19)27-25(15-16-25)20-12-10-18(11-13-20)21-14-17-26-23-9-5-4-8-22(21)23/h1-9,14,17-18,20H,10-13,15-16H2,(H,27,28). The molecule has 2 saturated carbocycles. The van der Waals surface area contributed by atoms with Crippen LogP contribution in [0.15, 0.2) is 66.9 Å². The van der Waals surface area contributed by atoms with Crippen LogP contribution in [0.5, 0.6) is 0 Å². The van der Waals surface area contributed by atoms with E-state index < -0.39 is 0 Å². The first kappa shape index (κ1) is 17.4. The number of carbonyl (C=O) groups excluding carboxylic acids is 1. The summed E-state index contributed by atoms with van der Waals surface area (Å²) in [5.41, 5.74) is 3.35. The fraction of sp³-hybridized carbons (Fsp3) is 0.360. The Morgan fingerprint density at radius 3 is 2.36 bits per heavy atom. The molecule has 3 heteroatoms. The molecule has 2 aromatic carbocycles. The van der Waals surface area contributed by atoms with E-state index in [9.17, 15) is 4.79 Å². The molecule has 0 atom stereocenters. The van der Waals surface area contributed by atoms with Gasteiger partial charge in [-0.2, -0.15) is 0 Å². The van der Waals surface area contributed by atoms with Crippen molar-refractivity contribution in [3.8, 4) is 0 Å². The minimum atomic E-state index is 0.0399. The van der Waals surface area contributed by atoms with Gasteiger partial charge < -0.3 is 5.32 Å². The summed E-state index contributed by atoms with van der Waals surface area (Å²) >= 11 is 0. The third-order valence-corrected chi connectivity index (χ3v) is 6.82. The highest BCUT2D eigenvalue weighted by molar-refractivity contribution is 5.94. The predicted octanol–water partition coefficient (Wildman–Crippen LogP) is 5.47. The highest BCUT2D eigenvalue weighted by Gasteiger charge is 2.51. The van der Waals surface area contributed by atoms with Crippen molar-refractivity contribution in [2.24, 2.45) is 5.92 Å². The molecule has 1 N–H and O–H groups in total. The van der Waals surface area contributed by atoms with Gasteiger partial charge in [0.1, 0.15) is 0 Å². The van der Waals surface area contributed by atoms with Crippen molar-refractivity contribution in [2.75, 3.05) is 0 Å². The lowest BCUT2D eigenvalue weighted by Crippen LogP contribution is -2.43. The normalized spacial score (nSPS) is 23.3. The van der Waals surface area contributed by atoms with Gasteiger partial charge in [-0.15, -0.1) is 0 Å². The minimum Gasteiger partial charge on any atom is -0.346 e. The van der Waals surface area contributed by atoms with Crippen LogP contribution >= 0.6 is 0 Å². The Morgan fingerprint density at radius 2 is 1.61 bits per heavy atom. The van der Waals surface area contributed by atoms with E-state index in [2.05, 4.69) is 40.6 Å². The van der Waals surface area contributed by atoms with E-state index in [4.69, 9.17) is 0 Å². The summed E-state index contributed by atoms with van der Waals surface area (Å²) in [5.74, 6) is 1.29. The number of benzene rings is 2. The molecule has 3 aromatic rings. The van der Waals surface area contributed by atoms with Crippen LogP contribution in [0.4, 0.5) is 0 Å². The molecule has 28 heavy (non-hydrogen) atoms. The van der Waals surface area contributed by atoms with E-state index in [0.29, 0.717) is 11.8 Å². The van der Waals surface area contributed by atoms with Gasteiger partial charge in [0.2, 0.25) is 0 Å².